The zero-order chi connectivity index (χ0) is 16.2. The molecule has 2 aromatic rings. The lowest BCUT2D eigenvalue weighted by Crippen LogP contribution is -2.45. The third-order valence-corrected chi connectivity index (χ3v) is 4.40. The maximum atomic E-state index is 12.2. The van der Waals surface area contributed by atoms with Gasteiger partial charge in [-0.05, 0) is 45.1 Å². The molecule has 0 saturated carbocycles. The number of carbonyl (C=O) groups is 1. The van der Waals surface area contributed by atoms with E-state index in [1.807, 2.05) is 25.1 Å². The van der Waals surface area contributed by atoms with E-state index >= 15 is 0 Å². The van der Waals surface area contributed by atoms with Crippen molar-refractivity contribution in [1.82, 2.24) is 25.1 Å². The van der Waals surface area contributed by atoms with Crippen molar-refractivity contribution in [3.8, 4) is 0 Å². The van der Waals surface area contributed by atoms with E-state index in [1.165, 1.54) is 0 Å². The number of aromatic nitrogens is 2. The maximum absolute atomic E-state index is 12.2. The zero-order valence-corrected chi connectivity index (χ0v) is 13.9. The quantitative estimate of drug-likeness (QED) is 0.815. The van der Waals surface area contributed by atoms with E-state index < -0.39 is 0 Å². The number of carbonyl (C=O) groups excluding carboxylic acids is 1. The summed E-state index contributed by atoms with van der Waals surface area (Å²) in [5.41, 5.74) is 2.48. The first-order valence-electron chi connectivity index (χ1n) is 8.27. The molecule has 0 aliphatic carbocycles. The summed E-state index contributed by atoms with van der Waals surface area (Å²) in [4.78, 5) is 24.6. The van der Waals surface area contributed by atoms with Crippen LogP contribution < -0.4 is 5.32 Å². The third-order valence-electron chi connectivity index (χ3n) is 4.40. The molecule has 1 aromatic carbocycles. The Morgan fingerprint density at radius 2 is 2.09 bits per heavy atom. The van der Waals surface area contributed by atoms with Gasteiger partial charge in [0.1, 0.15) is 5.82 Å². The number of amides is 1. The molecule has 23 heavy (non-hydrogen) atoms. The number of benzene rings is 1. The highest BCUT2D eigenvalue weighted by molar-refractivity contribution is 5.97. The van der Waals surface area contributed by atoms with Crippen LogP contribution in [-0.2, 0) is 0 Å². The number of nitrogens with zero attached hydrogens (tertiary/aromatic N) is 3. The fraction of sp³-hybridized carbons (Fsp3) is 0.529. The molecule has 1 amide bonds. The molecule has 0 unspecified atom stereocenters. The molecular weight excluding hydrogens is 290 g/mol. The molecular formula is C17H25N5O. The monoisotopic (exact) mass is 315 g/mol. The van der Waals surface area contributed by atoms with Crippen LogP contribution in [0, 0.1) is 6.92 Å². The number of rotatable bonds is 5. The van der Waals surface area contributed by atoms with Gasteiger partial charge in [0.25, 0.3) is 5.91 Å². The summed E-state index contributed by atoms with van der Waals surface area (Å²) in [5.74, 6) is 0.843. The molecule has 0 radical (unpaired) electrons. The molecule has 6 nitrogen and oxygen atoms in total. The van der Waals surface area contributed by atoms with Crippen LogP contribution in [0.5, 0.6) is 0 Å². The summed E-state index contributed by atoms with van der Waals surface area (Å²) in [6, 6.07) is 5.60. The van der Waals surface area contributed by atoms with Crippen molar-refractivity contribution in [1.29, 1.82) is 0 Å². The average Bonchev–Trinajstić information content (AvgIpc) is 2.92. The molecule has 3 rings (SSSR count). The van der Waals surface area contributed by atoms with Gasteiger partial charge in [0.05, 0.1) is 11.0 Å². The second-order valence-corrected chi connectivity index (χ2v) is 6.31. The molecule has 1 saturated heterocycles. The highest BCUT2D eigenvalue weighted by atomic mass is 16.1. The van der Waals surface area contributed by atoms with Gasteiger partial charge in [0, 0.05) is 38.3 Å². The Labute approximate surface area is 136 Å². The maximum Gasteiger partial charge on any atom is 0.251 e. The van der Waals surface area contributed by atoms with Gasteiger partial charge < -0.3 is 20.1 Å². The van der Waals surface area contributed by atoms with Crippen molar-refractivity contribution in [3.63, 3.8) is 0 Å². The predicted molar refractivity (Wildman–Crippen MR) is 91.7 cm³/mol. The van der Waals surface area contributed by atoms with E-state index in [2.05, 4.69) is 32.1 Å². The van der Waals surface area contributed by atoms with Gasteiger partial charge in [-0.3, -0.25) is 4.79 Å². The topological polar surface area (TPSA) is 64.3 Å². The van der Waals surface area contributed by atoms with Gasteiger partial charge in [0.2, 0.25) is 0 Å². The molecule has 1 aliphatic heterocycles. The summed E-state index contributed by atoms with van der Waals surface area (Å²) < 4.78 is 0. The Morgan fingerprint density at radius 1 is 1.30 bits per heavy atom. The van der Waals surface area contributed by atoms with Gasteiger partial charge in [-0.2, -0.15) is 0 Å². The van der Waals surface area contributed by atoms with Crippen LogP contribution in [0.15, 0.2) is 18.2 Å². The number of likely N-dealkylation sites (N-methyl/N-ethyl adjacent to an activating group) is 1. The number of aryl methyl sites for hydroxylation is 1. The van der Waals surface area contributed by atoms with Crippen molar-refractivity contribution in [2.45, 2.75) is 13.3 Å². The number of fused-ring (bicyclic) bond motifs is 1. The fourth-order valence-corrected chi connectivity index (χ4v) is 2.95. The van der Waals surface area contributed by atoms with Gasteiger partial charge in [-0.15, -0.1) is 0 Å². The number of piperazine rings is 1. The lowest BCUT2D eigenvalue weighted by Gasteiger charge is -2.32. The molecule has 0 bridgehead atoms. The van der Waals surface area contributed by atoms with Crippen molar-refractivity contribution < 1.29 is 4.79 Å². The highest BCUT2D eigenvalue weighted by Crippen LogP contribution is 2.13. The van der Waals surface area contributed by atoms with Crippen LogP contribution in [0.1, 0.15) is 22.6 Å². The van der Waals surface area contributed by atoms with E-state index in [4.69, 9.17) is 0 Å². The van der Waals surface area contributed by atoms with E-state index in [0.717, 1.165) is 56.0 Å². The normalized spacial score (nSPS) is 16.8. The summed E-state index contributed by atoms with van der Waals surface area (Å²) in [6.45, 7) is 8.19. The van der Waals surface area contributed by atoms with Gasteiger partial charge in [0.15, 0.2) is 0 Å². The first-order valence-corrected chi connectivity index (χ1v) is 8.27. The molecule has 124 valence electrons. The van der Waals surface area contributed by atoms with Crippen molar-refractivity contribution in [3.05, 3.63) is 29.6 Å². The molecule has 0 spiro atoms. The summed E-state index contributed by atoms with van der Waals surface area (Å²) in [5, 5.41) is 3.00. The highest BCUT2D eigenvalue weighted by Gasteiger charge is 2.13. The van der Waals surface area contributed by atoms with Crippen LogP contribution in [-0.4, -0.2) is 72.0 Å². The minimum absolute atomic E-state index is 0.0223. The Kier molecular flexibility index (Phi) is 4.93. The Hall–Kier alpha value is -1.92. The standard InChI is InChI=1S/C17H25N5O/c1-13-19-15-5-4-14(12-16(15)20-13)17(23)18-6-3-7-22-10-8-21(2)9-11-22/h4-5,12H,3,6-11H2,1-2H3,(H,18,23)(H,19,20). The lowest BCUT2D eigenvalue weighted by molar-refractivity contribution is 0.0949. The molecule has 1 aliphatic rings. The first-order chi connectivity index (χ1) is 11.1. The van der Waals surface area contributed by atoms with E-state index in [-0.39, 0.29) is 5.91 Å². The number of H-pyrrole nitrogens is 1. The predicted octanol–water partition coefficient (Wildman–Crippen LogP) is 1.24. The van der Waals surface area contributed by atoms with Crippen molar-refractivity contribution >= 4 is 16.9 Å². The number of hydrogen-bond donors (Lipinski definition) is 2. The largest absolute Gasteiger partial charge is 0.352 e. The third kappa shape index (κ3) is 4.09. The number of nitrogens with one attached hydrogen (secondary N) is 2. The van der Waals surface area contributed by atoms with Gasteiger partial charge in [-0.1, -0.05) is 0 Å². The SMILES string of the molecule is Cc1nc2cc(C(=O)NCCCN3CCN(C)CC3)ccc2[nH]1. The minimum atomic E-state index is -0.0223. The number of imidazole rings is 1. The van der Waals surface area contributed by atoms with Crippen LogP contribution in [0.2, 0.25) is 0 Å². The summed E-state index contributed by atoms with van der Waals surface area (Å²) >= 11 is 0. The smallest absolute Gasteiger partial charge is 0.251 e. The summed E-state index contributed by atoms with van der Waals surface area (Å²) in [7, 11) is 2.16. The molecule has 1 aromatic heterocycles. The van der Waals surface area contributed by atoms with Crippen molar-refractivity contribution in [2.75, 3.05) is 46.3 Å². The molecule has 2 heterocycles. The zero-order valence-electron chi connectivity index (χ0n) is 13.9. The van der Waals surface area contributed by atoms with E-state index in [0.29, 0.717) is 12.1 Å². The summed E-state index contributed by atoms with van der Waals surface area (Å²) in [6.07, 6.45) is 0.985. The molecule has 0 atom stereocenters. The van der Waals surface area contributed by atoms with Crippen LogP contribution >= 0.6 is 0 Å². The Morgan fingerprint density at radius 3 is 2.87 bits per heavy atom. The van der Waals surface area contributed by atoms with Crippen LogP contribution in [0.3, 0.4) is 0 Å². The van der Waals surface area contributed by atoms with Crippen LogP contribution in [0.4, 0.5) is 0 Å². The van der Waals surface area contributed by atoms with Gasteiger partial charge >= 0.3 is 0 Å². The van der Waals surface area contributed by atoms with Gasteiger partial charge in [-0.25, -0.2) is 4.98 Å². The molecule has 2 N–H and O–H groups in total. The van der Waals surface area contributed by atoms with E-state index in [1.54, 1.807) is 0 Å². The van der Waals surface area contributed by atoms with E-state index in [9.17, 15) is 4.79 Å². The fourth-order valence-electron chi connectivity index (χ4n) is 2.95. The van der Waals surface area contributed by atoms with Crippen LogP contribution in [0.25, 0.3) is 11.0 Å². The lowest BCUT2D eigenvalue weighted by atomic mass is 10.2. The average molecular weight is 315 g/mol. The number of hydrogen-bond acceptors (Lipinski definition) is 4. The Balaban J connectivity index is 1.45. The number of aromatic amines is 1. The van der Waals surface area contributed by atoms with Crippen molar-refractivity contribution in [2.24, 2.45) is 0 Å². The molecule has 6 heteroatoms. The second kappa shape index (κ2) is 7.10. The second-order valence-electron chi connectivity index (χ2n) is 6.31. The first kappa shape index (κ1) is 16.0. The minimum Gasteiger partial charge on any atom is -0.352 e. The molecule has 1 fully saturated rings. The Bertz CT molecular complexity index is 673.